The van der Waals surface area contributed by atoms with E-state index in [4.69, 9.17) is 0 Å². The molecule has 1 atom stereocenters. The van der Waals surface area contributed by atoms with E-state index in [2.05, 4.69) is 6.92 Å². The predicted molar refractivity (Wildman–Crippen MR) is 61.8 cm³/mol. The smallest absolute Gasteiger partial charge is 0.746 e. The zero-order valence-corrected chi connectivity index (χ0v) is 11.8. The van der Waals surface area contributed by atoms with Gasteiger partial charge in [0, 0.05) is 0 Å². The van der Waals surface area contributed by atoms with E-state index in [0.717, 1.165) is 19.3 Å². The third kappa shape index (κ3) is 12.7. The summed E-state index contributed by atoms with van der Waals surface area (Å²) >= 11 is 0. The van der Waals surface area contributed by atoms with Crippen molar-refractivity contribution in [2.24, 2.45) is 0 Å². The van der Waals surface area contributed by atoms with Crippen LogP contribution in [0.15, 0.2) is 0 Å². The van der Waals surface area contributed by atoms with E-state index in [1.165, 1.54) is 25.7 Å². The van der Waals surface area contributed by atoms with Gasteiger partial charge in [0.15, 0.2) is 5.50 Å². The molecule has 0 spiro atoms. The van der Waals surface area contributed by atoms with E-state index < -0.39 is 15.6 Å². The Kier molecular flexibility index (Phi) is 13.4. The maximum absolute atomic E-state index is 12.7. The fourth-order valence-corrected chi connectivity index (χ4v) is 2.04. The molecule has 0 amide bonds. The predicted octanol–water partition coefficient (Wildman–Crippen LogP) is 0.362. The first kappa shape index (κ1) is 19.8. The molecule has 0 saturated heterocycles. The molecule has 0 aliphatic heterocycles. The number of hydrogen-bond donors (Lipinski definition) is 0. The van der Waals surface area contributed by atoms with Crippen molar-refractivity contribution in [2.45, 2.75) is 70.2 Å². The van der Waals surface area contributed by atoms with Gasteiger partial charge in [0.2, 0.25) is 0 Å². The summed E-state index contributed by atoms with van der Waals surface area (Å²) in [6.07, 6.45) is 8.13. The van der Waals surface area contributed by atoms with Crippen LogP contribution in [-0.2, 0) is 10.1 Å². The van der Waals surface area contributed by atoms with Gasteiger partial charge in [-0.1, -0.05) is 51.9 Å². The van der Waals surface area contributed by atoms with Crippen LogP contribution in [0.1, 0.15) is 64.7 Å². The van der Waals surface area contributed by atoms with Crippen LogP contribution in [0.5, 0.6) is 0 Å². The standard InChI is InChI=1S/C11H23FO3S.Li/c1-2-3-4-5-6-7-8-9-10-11(12)16(13,14)15;/h11H,2-10H2,1H3,(H,13,14,15);/q;+1/p-1. The average Bonchev–Trinajstić information content (AvgIpc) is 2.20. The first-order valence-corrected chi connectivity index (χ1v) is 7.54. The molecule has 0 fully saturated rings. The first-order chi connectivity index (χ1) is 7.48. The average molecular weight is 260 g/mol. The van der Waals surface area contributed by atoms with Crippen LogP contribution in [0.4, 0.5) is 4.39 Å². The maximum Gasteiger partial charge on any atom is 1.00 e. The summed E-state index contributed by atoms with van der Waals surface area (Å²) < 4.78 is 43.4. The van der Waals surface area contributed by atoms with Crippen molar-refractivity contribution in [1.29, 1.82) is 0 Å². The first-order valence-electron chi connectivity index (χ1n) is 6.07. The molecule has 0 N–H and O–H groups in total. The van der Waals surface area contributed by atoms with Gasteiger partial charge < -0.3 is 4.55 Å². The fourth-order valence-electron chi connectivity index (χ4n) is 1.58. The summed E-state index contributed by atoms with van der Waals surface area (Å²) in [4.78, 5) is 0. The van der Waals surface area contributed by atoms with Gasteiger partial charge in [-0.3, -0.25) is 0 Å². The molecule has 6 heteroatoms. The van der Waals surface area contributed by atoms with E-state index in [1.54, 1.807) is 0 Å². The van der Waals surface area contributed by atoms with Crippen LogP contribution in [0.3, 0.4) is 0 Å². The molecular formula is C11H22FLiO3S. The topological polar surface area (TPSA) is 57.2 Å². The van der Waals surface area contributed by atoms with Gasteiger partial charge in [-0.25, -0.2) is 12.8 Å². The minimum absolute atomic E-state index is 0. The van der Waals surface area contributed by atoms with Gasteiger partial charge in [0.25, 0.3) is 0 Å². The Morgan fingerprint density at radius 2 is 1.41 bits per heavy atom. The molecule has 1 unspecified atom stereocenters. The molecule has 0 bridgehead atoms. The Balaban J connectivity index is 0. The van der Waals surface area contributed by atoms with E-state index in [1.807, 2.05) is 0 Å². The maximum atomic E-state index is 12.7. The van der Waals surface area contributed by atoms with Crippen LogP contribution in [0.25, 0.3) is 0 Å². The molecule has 0 saturated carbocycles. The Morgan fingerprint density at radius 1 is 1.00 bits per heavy atom. The minimum Gasteiger partial charge on any atom is -0.746 e. The van der Waals surface area contributed by atoms with E-state index >= 15 is 0 Å². The van der Waals surface area contributed by atoms with Gasteiger partial charge in [0.1, 0.15) is 10.1 Å². The summed E-state index contributed by atoms with van der Waals surface area (Å²) in [5.74, 6) is 0. The molecule has 0 aliphatic carbocycles. The number of alkyl halides is 1. The largest absolute Gasteiger partial charge is 1.00 e. The van der Waals surface area contributed by atoms with E-state index in [-0.39, 0.29) is 25.3 Å². The summed E-state index contributed by atoms with van der Waals surface area (Å²) in [5, 5.41) is 0. The molecular weight excluding hydrogens is 238 g/mol. The number of hydrogen-bond acceptors (Lipinski definition) is 3. The summed E-state index contributed by atoms with van der Waals surface area (Å²) in [6, 6.07) is 0. The second-order valence-corrected chi connectivity index (χ2v) is 5.66. The molecule has 17 heavy (non-hydrogen) atoms. The van der Waals surface area contributed by atoms with Gasteiger partial charge in [-0.15, -0.1) is 0 Å². The van der Waals surface area contributed by atoms with E-state index in [9.17, 15) is 17.4 Å². The summed E-state index contributed by atoms with van der Waals surface area (Å²) in [7, 11) is -4.72. The molecule has 0 aromatic heterocycles. The fraction of sp³-hybridized carbons (Fsp3) is 1.00. The van der Waals surface area contributed by atoms with Crippen LogP contribution < -0.4 is 18.9 Å². The molecule has 0 rings (SSSR count). The summed E-state index contributed by atoms with van der Waals surface area (Å²) in [6.45, 7) is 2.16. The molecule has 98 valence electrons. The van der Waals surface area contributed by atoms with Crippen LogP contribution in [0, 0.1) is 0 Å². The Bertz CT molecular complexity index is 257. The second-order valence-electron chi connectivity index (χ2n) is 4.17. The monoisotopic (exact) mass is 260 g/mol. The van der Waals surface area contributed by atoms with Crippen molar-refractivity contribution in [2.75, 3.05) is 0 Å². The zero-order chi connectivity index (χ0) is 12.4. The van der Waals surface area contributed by atoms with Crippen molar-refractivity contribution in [3.8, 4) is 0 Å². The Labute approximate surface area is 116 Å². The van der Waals surface area contributed by atoms with Crippen LogP contribution >= 0.6 is 0 Å². The SMILES string of the molecule is CCCCCCCCCCC(F)S(=O)(=O)[O-].[Li+]. The summed E-state index contributed by atoms with van der Waals surface area (Å²) in [5.41, 5.74) is -2.22. The normalized spacial score (nSPS) is 13.1. The molecule has 0 aromatic carbocycles. The molecule has 0 radical (unpaired) electrons. The number of halogens is 1. The third-order valence-electron chi connectivity index (χ3n) is 2.60. The molecule has 0 aliphatic rings. The van der Waals surface area contributed by atoms with Crippen molar-refractivity contribution in [1.82, 2.24) is 0 Å². The second kappa shape index (κ2) is 11.5. The van der Waals surface area contributed by atoms with Gasteiger partial charge in [-0.05, 0) is 12.8 Å². The Hall–Kier alpha value is 0.437. The number of rotatable bonds is 10. The van der Waals surface area contributed by atoms with Crippen molar-refractivity contribution in [3.63, 3.8) is 0 Å². The minimum atomic E-state index is -4.72. The van der Waals surface area contributed by atoms with Crippen molar-refractivity contribution in [3.05, 3.63) is 0 Å². The quantitative estimate of drug-likeness (QED) is 0.324. The van der Waals surface area contributed by atoms with Crippen molar-refractivity contribution < 1.29 is 36.2 Å². The van der Waals surface area contributed by atoms with Crippen LogP contribution in [0.2, 0.25) is 0 Å². The molecule has 3 nitrogen and oxygen atoms in total. The van der Waals surface area contributed by atoms with Gasteiger partial charge in [-0.2, -0.15) is 0 Å². The third-order valence-corrected chi connectivity index (χ3v) is 3.46. The molecule has 0 heterocycles. The van der Waals surface area contributed by atoms with Gasteiger partial charge in [0.05, 0.1) is 0 Å². The van der Waals surface area contributed by atoms with Crippen LogP contribution in [-0.4, -0.2) is 18.5 Å². The zero-order valence-electron chi connectivity index (χ0n) is 11.0. The van der Waals surface area contributed by atoms with E-state index in [0.29, 0.717) is 6.42 Å². The molecule has 0 aromatic rings. The van der Waals surface area contributed by atoms with Gasteiger partial charge >= 0.3 is 18.9 Å². The van der Waals surface area contributed by atoms with Crippen molar-refractivity contribution >= 4 is 10.1 Å². The Morgan fingerprint density at radius 3 is 1.82 bits per heavy atom. The number of unbranched alkanes of at least 4 members (excludes halogenated alkanes) is 7.